The summed E-state index contributed by atoms with van der Waals surface area (Å²) in [4.78, 5) is 0. The third-order valence-electron chi connectivity index (χ3n) is 3.17. The lowest BCUT2D eigenvalue weighted by Gasteiger charge is -2.10. The molecule has 0 bridgehead atoms. The Labute approximate surface area is 147 Å². The minimum Gasteiger partial charge on any atom is -0.381 e. The van der Waals surface area contributed by atoms with E-state index in [4.69, 9.17) is 15.8 Å². The molecule has 0 radical (unpaired) electrons. The Morgan fingerprint density at radius 3 is 2.17 bits per heavy atom. The Hall–Kier alpha value is -1.57. The number of halogens is 1. The first-order valence-corrected chi connectivity index (χ1v) is 11.1. The Balaban J connectivity index is 2.10. The molecule has 8 heteroatoms. The summed E-state index contributed by atoms with van der Waals surface area (Å²) < 4.78 is 50.9. The van der Waals surface area contributed by atoms with Crippen LogP contribution in [0.3, 0.4) is 0 Å². The van der Waals surface area contributed by atoms with Crippen LogP contribution in [0.25, 0.3) is 11.1 Å². The minimum atomic E-state index is -3.91. The second kappa shape index (κ2) is 7.55. The van der Waals surface area contributed by atoms with Crippen molar-refractivity contribution in [1.82, 2.24) is 0 Å². The molecule has 2 aromatic rings. The van der Waals surface area contributed by atoms with Gasteiger partial charge >= 0.3 is 10.1 Å². The molecular weight excluding hydrogens is 372 g/mol. The smallest absolute Gasteiger partial charge is 0.309 e. The summed E-state index contributed by atoms with van der Waals surface area (Å²) in [5.41, 5.74) is 1.78. The summed E-state index contributed by atoms with van der Waals surface area (Å²) in [6.07, 6.45) is 1.03. The Bertz CT molecular complexity index is 907. The van der Waals surface area contributed by atoms with Gasteiger partial charge in [-0.3, -0.25) is 0 Å². The second-order valence-electron chi connectivity index (χ2n) is 5.34. The third-order valence-corrected chi connectivity index (χ3v) is 5.71. The molecule has 0 aliphatic rings. The first-order valence-electron chi connectivity index (χ1n) is 7.11. The van der Waals surface area contributed by atoms with Crippen molar-refractivity contribution in [2.75, 3.05) is 17.8 Å². The van der Waals surface area contributed by atoms with Crippen molar-refractivity contribution in [2.45, 2.75) is 6.42 Å². The fraction of sp³-hybridized carbons (Fsp3) is 0.250. The van der Waals surface area contributed by atoms with E-state index >= 15 is 0 Å². The van der Waals surface area contributed by atoms with E-state index in [0.717, 1.165) is 17.4 Å². The van der Waals surface area contributed by atoms with Gasteiger partial charge in [0.2, 0.25) is 0 Å². The summed E-state index contributed by atoms with van der Waals surface area (Å²) >= 11 is 6.11. The molecule has 0 aliphatic heterocycles. The van der Waals surface area contributed by atoms with Crippen LogP contribution in [0.15, 0.2) is 48.5 Å². The highest BCUT2D eigenvalue weighted by Crippen LogP contribution is 2.31. The van der Waals surface area contributed by atoms with Crippen LogP contribution in [0.2, 0.25) is 5.02 Å². The molecule has 0 N–H and O–H groups in total. The average Bonchev–Trinajstić information content (AvgIpc) is 2.48. The van der Waals surface area contributed by atoms with Crippen LogP contribution in [0, 0.1) is 0 Å². The van der Waals surface area contributed by atoms with Crippen LogP contribution in [0.4, 0.5) is 0 Å². The van der Waals surface area contributed by atoms with Gasteiger partial charge in [-0.25, -0.2) is 8.42 Å². The van der Waals surface area contributed by atoms with Crippen molar-refractivity contribution < 1.29 is 21.0 Å². The van der Waals surface area contributed by atoms with Gasteiger partial charge in [0.15, 0.2) is 5.75 Å². The van der Waals surface area contributed by atoms with Gasteiger partial charge < -0.3 is 4.18 Å². The highest BCUT2D eigenvalue weighted by molar-refractivity contribution is 7.90. The molecule has 0 fully saturated rings. The lowest BCUT2D eigenvalue weighted by atomic mass is 10.1. The van der Waals surface area contributed by atoms with Crippen molar-refractivity contribution in [1.29, 1.82) is 0 Å². The number of rotatable bonds is 7. The van der Waals surface area contributed by atoms with E-state index in [1.807, 2.05) is 30.3 Å². The molecular formula is C16H17ClO5S2. The van der Waals surface area contributed by atoms with Crippen LogP contribution < -0.4 is 4.18 Å². The topological polar surface area (TPSA) is 77.5 Å². The first kappa shape index (κ1) is 18.8. The molecule has 0 heterocycles. The second-order valence-corrected chi connectivity index (χ2v) is 9.70. The molecule has 0 unspecified atom stereocenters. The van der Waals surface area contributed by atoms with Crippen LogP contribution in [0.5, 0.6) is 5.75 Å². The van der Waals surface area contributed by atoms with Crippen molar-refractivity contribution >= 4 is 31.6 Å². The molecule has 130 valence electrons. The van der Waals surface area contributed by atoms with Crippen molar-refractivity contribution in [3.8, 4) is 16.9 Å². The summed E-state index contributed by atoms with van der Waals surface area (Å²) in [6.45, 7) is 0. The molecule has 0 amide bonds. The molecule has 24 heavy (non-hydrogen) atoms. The maximum Gasteiger partial charge on any atom is 0.309 e. The molecule has 0 saturated carbocycles. The predicted octanol–water partition coefficient (Wildman–Crippen LogP) is 3.15. The van der Waals surface area contributed by atoms with Crippen molar-refractivity contribution in [3.05, 3.63) is 53.6 Å². The van der Waals surface area contributed by atoms with Gasteiger partial charge in [-0.2, -0.15) is 8.42 Å². The zero-order valence-corrected chi connectivity index (χ0v) is 15.4. The monoisotopic (exact) mass is 388 g/mol. The highest BCUT2D eigenvalue weighted by Gasteiger charge is 2.16. The Morgan fingerprint density at radius 2 is 1.58 bits per heavy atom. The van der Waals surface area contributed by atoms with Crippen LogP contribution in [0.1, 0.15) is 6.42 Å². The van der Waals surface area contributed by atoms with Gasteiger partial charge in [0.05, 0.1) is 16.5 Å². The van der Waals surface area contributed by atoms with E-state index in [-0.39, 0.29) is 22.9 Å². The van der Waals surface area contributed by atoms with Crippen LogP contribution in [-0.2, 0) is 20.0 Å². The molecule has 0 aromatic heterocycles. The van der Waals surface area contributed by atoms with Gasteiger partial charge in [-0.1, -0.05) is 48.0 Å². The zero-order valence-electron chi connectivity index (χ0n) is 13.0. The lowest BCUT2D eigenvalue weighted by Crippen LogP contribution is -2.17. The standard InChI is InChI=1S/C16H17ClO5S2/c1-23(18,19)10-5-11-24(20,21)22-16-9-8-14(12-15(16)17)13-6-3-2-4-7-13/h2-4,6-9,12H,5,10-11H2,1H3. The maximum absolute atomic E-state index is 11.9. The lowest BCUT2D eigenvalue weighted by molar-refractivity contribution is 0.485. The van der Waals surface area contributed by atoms with E-state index in [1.54, 1.807) is 12.1 Å². The fourth-order valence-corrected chi connectivity index (χ4v) is 4.17. The number of sulfone groups is 1. The highest BCUT2D eigenvalue weighted by atomic mass is 35.5. The molecule has 0 saturated heterocycles. The summed E-state index contributed by atoms with van der Waals surface area (Å²) in [7, 11) is -7.12. The molecule has 0 spiro atoms. The summed E-state index contributed by atoms with van der Waals surface area (Å²) in [5.74, 6) is -0.580. The van der Waals surface area contributed by atoms with E-state index < -0.39 is 25.7 Å². The largest absolute Gasteiger partial charge is 0.381 e. The predicted molar refractivity (Wildman–Crippen MR) is 95.6 cm³/mol. The fourth-order valence-electron chi connectivity index (χ4n) is 2.05. The third kappa shape index (κ3) is 5.81. The van der Waals surface area contributed by atoms with Gasteiger partial charge in [-0.15, -0.1) is 0 Å². The van der Waals surface area contributed by atoms with Gasteiger partial charge in [0.1, 0.15) is 9.84 Å². The normalized spacial score (nSPS) is 12.1. The molecule has 0 atom stereocenters. The van der Waals surface area contributed by atoms with E-state index in [9.17, 15) is 16.8 Å². The van der Waals surface area contributed by atoms with Gasteiger partial charge in [0, 0.05) is 6.26 Å². The molecule has 0 aliphatic carbocycles. The van der Waals surface area contributed by atoms with E-state index in [1.165, 1.54) is 6.07 Å². The van der Waals surface area contributed by atoms with Gasteiger partial charge in [-0.05, 0) is 29.7 Å². The number of hydrogen-bond donors (Lipinski definition) is 0. The SMILES string of the molecule is CS(=O)(=O)CCCS(=O)(=O)Oc1ccc(-c2ccccc2)cc1Cl. The molecule has 2 rings (SSSR count). The molecule has 2 aromatic carbocycles. The summed E-state index contributed by atoms with van der Waals surface area (Å²) in [5, 5.41) is 0.169. The number of benzene rings is 2. The van der Waals surface area contributed by atoms with Crippen molar-refractivity contribution in [3.63, 3.8) is 0 Å². The zero-order chi connectivity index (χ0) is 17.8. The number of hydrogen-bond acceptors (Lipinski definition) is 5. The van der Waals surface area contributed by atoms with Gasteiger partial charge in [0.25, 0.3) is 0 Å². The first-order chi connectivity index (χ1) is 11.2. The minimum absolute atomic E-state index is 0.0238. The van der Waals surface area contributed by atoms with E-state index in [0.29, 0.717) is 0 Å². The Kier molecular flexibility index (Phi) is 5.90. The summed E-state index contributed by atoms with van der Waals surface area (Å²) in [6, 6.07) is 14.3. The quantitative estimate of drug-likeness (QED) is 0.681. The average molecular weight is 389 g/mol. The van der Waals surface area contributed by atoms with E-state index in [2.05, 4.69) is 0 Å². The Morgan fingerprint density at radius 1 is 0.917 bits per heavy atom. The van der Waals surface area contributed by atoms with Crippen LogP contribution >= 0.6 is 11.6 Å². The maximum atomic E-state index is 11.9. The van der Waals surface area contributed by atoms with Crippen LogP contribution in [-0.4, -0.2) is 34.6 Å². The van der Waals surface area contributed by atoms with Crippen molar-refractivity contribution in [2.24, 2.45) is 0 Å². The molecule has 5 nitrogen and oxygen atoms in total.